The van der Waals surface area contributed by atoms with Gasteiger partial charge in [-0.1, -0.05) is 41.0 Å². The molecule has 1 saturated carbocycles. The van der Waals surface area contributed by atoms with Crippen LogP contribution in [0.4, 0.5) is 0 Å². The molecule has 1 N–H and O–H groups in total. The molecule has 1 aromatic carbocycles. The third-order valence-corrected chi connectivity index (χ3v) is 5.86. The molecule has 5 nitrogen and oxygen atoms in total. The van der Waals surface area contributed by atoms with Crippen molar-refractivity contribution in [1.82, 2.24) is 20.1 Å². The van der Waals surface area contributed by atoms with Gasteiger partial charge in [0.1, 0.15) is 5.82 Å². The minimum Gasteiger partial charge on any atom is -0.349 e. The highest BCUT2D eigenvalue weighted by Crippen LogP contribution is 2.40. The van der Waals surface area contributed by atoms with Gasteiger partial charge in [0.2, 0.25) is 5.91 Å². The van der Waals surface area contributed by atoms with E-state index in [1.807, 2.05) is 13.0 Å². The standard InChI is InChI=1S/C17H20Cl2N4OS/c1-3-23-16(11-4-5-11)21-22-17(23)25-9-15(24)20-10(2)12-6-7-13(18)14(19)8-12/h6-8,10-11H,3-5,9H2,1-2H3,(H,20,24)/t10-/m1/s1. The van der Waals surface area contributed by atoms with Crippen molar-refractivity contribution >= 4 is 40.9 Å². The first-order chi connectivity index (χ1) is 12.0. The first kappa shape index (κ1) is 18.5. The highest BCUT2D eigenvalue weighted by atomic mass is 35.5. The number of thioether (sulfide) groups is 1. The second-order valence-electron chi connectivity index (χ2n) is 6.11. The van der Waals surface area contributed by atoms with Crippen molar-refractivity contribution in [1.29, 1.82) is 0 Å². The maximum Gasteiger partial charge on any atom is 0.230 e. The molecule has 2 aromatic rings. The van der Waals surface area contributed by atoms with Gasteiger partial charge in [-0.15, -0.1) is 10.2 Å². The molecule has 0 saturated heterocycles. The van der Waals surface area contributed by atoms with Gasteiger partial charge >= 0.3 is 0 Å². The number of carbonyl (C=O) groups is 1. The third-order valence-electron chi connectivity index (χ3n) is 4.16. The summed E-state index contributed by atoms with van der Waals surface area (Å²) in [7, 11) is 0. The molecule has 1 fully saturated rings. The van der Waals surface area contributed by atoms with Crippen LogP contribution in [0.1, 0.15) is 50.0 Å². The van der Waals surface area contributed by atoms with Crippen LogP contribution in [0, 0.1) is 0 Å². The van der Waals surface area contributed by atoms with Crippen LogP contribution in [-0.2, 0) is 11.3 Å². The largest absolute Gasteiger partial charge is 0.349 e. The molecular weight excluding hydrogens is 379 g/mol. The number of hydrogen-bond acceptors (Lipinski definition) is 4. The van der Waals surface area contributed by atoms with Gasteiger partial charge in [0.05, 0.1) is 21.8 Å². The molecule has 0 aliphatic heterocycles. The van der Waals surface area contributed by atoms with Crippen molar-refractivity contribution in [2.75, 3.05) is 5.75 Å². The van der Waals surface area contributed by atoms with Gasteiger partial charge in [-0.25, -0.2) is 0 Å². The summed E-state index contributed by atoms with van der Waals surface area (Å²) in [6.45, 7) is 4.82. The Kier molecular flexibility index (Phi) is 5.92. The summed E-state index contributed by atoms with van der Waals surface area (Å²) in [5.41, 5.74) is 0.917. The van der Waals surface area contributed by atoms with Gasteiger partial charge in [0.15, 0.2) is 5.16 Å². The van der Waals surface area contributed by atoms with Crippen LogP contribution >= 0.6 is 35.0 Å². The predicted octanol–water partition coefficient (Wildman–Crippen LogP) is 4.45. The Hall–Kier alpha value is -1.24. The van der Waals surface area contributed by atoms with Crippen molar-refractivity contribution in [3.8, 4) is 0 Å². The van der Waals surface area contributed by atoms with Crippen molar-refractivity contribution < 1.29 is 4.79 Å². The van der Waals surface area contributed by atoms with Crippen LogP contribution in [0.2, 0.25) is 10.0 Å². The topological polar surface area (TPSA) is 59.8 Å². The summed E-state index contributed by atoms with van der Waals surface area (Å²) < 4.78 is 2.11. The van der Waals surface area contributed by atoms with Crippen LogP contribution < -0.4 is 5.32 Å². The number of rotatable bonds is 7. The second-order valence-corrected chi connectivity index (χ2v) is 7.87. The summed E-state index contributed by atoms with van der Waals surface area (Å²) in [6.07, 6.45) is 2.37. The van der Waals surface area contributed by atoms with Crippen LogP contribution in [0.3, 0.4) is 0 Å². The van der Waals surface area contributed by atoms with Crippen molar-refractivity contribution in [3.63, 3.8) is 0 Å². The average molecular weight is 399 g/mol. The molecule has 0 bridgehead atoms. The molecule has 1 aliphatic rings. The van der Waals surface area contributed by atoms with E-state index in [9.17, 15) is 4.79 Å². The highest BCUT2D eigenvalue weighted by Gasteiger charge is 2.30. The Balaban J connectivity index is 1.56. The molecular formula is C17H20Cl2N4OS. The Morgan fingerprint density at radius 1 is 1.36 bits per heavy atom. The molecule has 1 amide bonds. The van der Waals surface area contributed by atoms with Crippen molar-refractivity contribution in [3.05, 3.63) is 39.6 Å². The maximum atomic E-state index is 12.3. The number of nitrogens with zero attached hydrogens (tertiary/aromatic N) is 3. The number of carbonyl (C=O) groups excluding carboxylic acids is 1. The van der Waals surface area contributed by atoms with E-state index in [0.717, 1.165) is 23.1 Å². The molecule has 0 radical (unpaired) electrons. The SMILES string of the molecule is CCn1c(SCC(=O)N[C@H](C)c2ccc(Cl)c(Cl)c2)nnc1C1CC1. The molecule has 0 unspecified atom stereocenters. The number of amides is 1. The van der Waals surface area contributed by atoms with Gasteiger partial charge < -0.3 is 9.88 Å². The maximum absolute atomic E-state index is 12.3. The number of aromatic nitrogens is 3. The fourth-order valence-electron chi connectivity index (χ4n) is 2.63. The van der Waals surface area contributed by atoms with E-state index >= 15 is 0 Å². The van der Waals surface area contributed by atoms with E-state index in [1.54, 1.807) is 12.1 Å². The van der Waals surface area contributed by atoms with Crippen LogP contribution in [-0.4, -0.2) is 26.4 Å². The summed E-state index contributed by atoms with van der Waals surface area (Å²) >= 11 is 13.4. The first-order valence-electron chi connectivity index (χ1n) is 8.29. The molecule has 1 atom stereocenters. The van der Waals surface area contributed by atoms with E-state index in [0.29, 0.717) is 21.7 Å². The predicted molar refractivity (Wildman–Crippen MR) is 101 cm³/mol. The van der Waals surface area contributed by atoms with Crippen molar-refractivity contribution in [2.45, 2.75) is 50.4 Å². The normalized spacial score (nSPS) is 15.2. The van der Waals surface area contributed by atoms with Gasteiger partial charge in [0.25, 0.3) is 0 Å². The molecule has 0 spiro atoms. The lowest BCUT2D eigenvalue weighted by atomic mass is 10.1. The van der Waals surface area contributed by atoms with E-state index in [-0.39, 0.29) is 11.9 Å². The van der Waals surface area contributed by atoms with Crippen LogP contribution in [0.25, 0.3) is 0 Å². The zero-order valence-corrected chi connectivity index (χ0v) is 16.5. The van der Waals surface area contributed by atoms with E-state index in [2.05, 4.69) is 27.0 Å². The fraction of sp³-hybridized carbons (Fsp3) is 0.471. The highest BCUT2D eigenvalue weighted by molar-refractivity contribution is 7.99. The molecule has 1 heterocycles. The van der Waals surface area contributed by atoms with E-state index in [1.165, 1.54) is 24.6 Å². The number of benzene rings is 1. The smallest absolute Gasteiger partial charge is 0.230 e. The molecule has 25 heavy (non-hydrogen) atoms. The van der Waals surface area contributed by atoms with Crippen LogP contribution in [0.15, 0.2) is 23.4 Å². The summed E-state index contributed by atoms with van der Waals surface area (Å²) in [5.74, 6) is 1.84. The lowest BCUT2D eigenvalue weighted by molar-refractivity contribution is -0.119. The minimum absolute atomic E-state index is 0.0535. The Morgan fingerprint density at radius 2 is 2.12 bits per heavy atom. The third kappa shape index (κ3) is 4.49. The van der Waals surface area contributed by atoms with Gasteiger partial charge in [-0.2, -0.15) is 0 Å². The summed E-state index contributed by atoms with van der Waals surface area (Å²) in [6, 6.07) is 5.23. The lowest BCUT2D eigenvalue weighted by Gasteiger charge is -2.15. The van der Waals surface area contributed by atoms with E-state index in [4.69, 9.17) is 23.2 Å². The monoisotopic (exact) mass is 398 g/mol. The van der Waals surface area contributed by atoms with Gasteiger partial charge in [-0.3, -0.25) is 4.79 Å². The van der Waals surface area contributed by atoms with E-state index < -0.39 is 0 Å². The zero-order valence-electron chi connectivity index (χ0n) is 14.1. The summed E-state index contributed by atoms with van der Waals surface area (Å²) in [5, 5.41) is 13.3. The molecule has 8 heteroatoms. The Labute approximate surface area is 161 Å². The average Bonchev–Trinajstić information content (AvgIpc) is 3.35. The van der Waals surface area contributed by atoms with Crippen LogP contribution in [0.5, 0.6) is 0 Å². The fourth-order valence-corrected chi connectivity index (χ4v) is 3.75. The Bertz CT molecular complexity index is 776. The lowest BCUT2D eigenvalue weighted by Crippen LogP contribution is -2.28. The molecule has 3 rings (SSSR count). The number of halogens is 2. The zero-order chi connectivity index (χ0) is 18.0. The number of nitrogens with one attached hydrogen (secondary N) is 1. The molecule has 1 aliphatic carbocycles. The molecule has 134 valence electrons. The molecule has 1 aromatic heterocycles. The van der Waals surface area contributed by atoms with Crippen molar-refractivity contribution in [2.24, 2.45) is 0 Å². The Morgan fingerprint density at radius 3 is 2.76 bits per heavy atom. The van der Waals surface area contributed by atoms with Gasteiger partial charge in [-0.05, 0) is 44.4 Å². The van der Waals surface area contributed by atoms with Gasteiger partial charge in [0, 0.05) is 12.5 Å². The number of hydrogen-bond donors (Lipinski definition) is 1. The summed E-state index contributed by atoms with van der Waals surface area (Å²) in [4.78, 5) is 12.3. The second kappa shape index (κ2) is 7.98. The quantitative estimate of drug-likeness (QED) is 0.699. The first-order valence-corrected chi connectivity index (χ1v) is 10.0. The minimum atomic E-state index is -0.145.